The largest absolute Gasteiger partial charge is 0.457 e. The molecule has 1 aliphatic rings. The summed E-state index contributed by atoms with van der Waals surface area (Å²) in [4.78, 5) is 9.59. The van der Waals surface area contributed by atoms with Crippen LogP contribution in [0.5, 0.6) is 11.5 Å². The lowest BCUT2D eigenvalue weighted by Crippen LogP contribution is -2.24. The quantitative estimate of drug-likeness (QED) is 0.153. The molecule has 0 saturated heterocycles. The van der Waals surface area contributed by atoms with Crippen LogP contribution in [-0.4, -0.2) is 16.2 Å². The molecule has 6 heteroatoms. The fraction of sp³-hybridized carbons (Fsp3) is 0.0862. The molecule has 0 unspecified atom stereocenters. The minimum Gasteiger partial charge on any atom is -0.457 e. The maximum Gasteiger partial charge on any atom is 0.137 e. The van der Waals surface area contributed by atoms with Crippen LogP contribution in [0.15, 0.2) is 206 Å². The molecule has 0 radical (unpaired) electrons. The highest BCUT2D eigenvalue weighted by Gasteiger charge is 2.30. The Morgan fingerprint density at radius 2 is 1.11 bits per heavy atom. The van der Waals surface area contributed by atoms with Crippen LogP contribution in [0.25, 0.3) is 61.0 Å². The van der Waals surface area contributed by atoms with E-state index in [2.05, 4.69) is 199 Å². The number of para-hydroxylation sites is 4. The SMILES string of the molecule is CC(C)(C)c1ccnc(-n2c3ccccc3c3ccc(Oc4cc(-c5ccc(-c6ccccc6)cc5)cc(N5CN(c6ccccc6-c6ccc(F)cc6)c6ccccc65)c4)cc32)c1. The van der Waals surface area contributed by atoms with Gasteiger partial charge in [-0.2, -0.15) is 0 Å². The van der Waals surface area contributed by atoms with Crippen LogP contribution in [0, 0.1) is 5.82 Å². The van der Waals surface area contributed by atoms with Crippen LogP contribution in [0.3, 0.4) is 0 Å². The van der Waals surface area contributed by atoms with Gasteiger partial charge in [-0.25, -0.2) is 9.37 Å². The van der Waals surface area contributed by atoms with Crippen LogP contribution >= 0.6 is 0 Å². The molecular formula is C58H45FN4O. The predicted molar refractivity (Wildman–Crippen MR) is 262 cm³/mol. The van der Waals surface area contributed by atoms with Crippen LogP contribution in [0.2, 0.25) is 0 Å². The summed E-state index contributed by atoms with van der Waals surface area (Å²) in [6.07, 6.45) is 1.91. The van der Waals surface area contributed by atoms with Gasteiger partial charge in [0, 0.05) is 40.4 Å². The summed E-state index contributed by atoms with van der Waals surface area (Å²) < 4.78 is 23.3. The van der Waals surface area contributed by atoms with Gasteiger partial charge in [-0.05, 0) is 112 Å². The average molecular weight is 833 g/mol. The zero-order chi connectivity index (χ0) is 43.4. The number of halogens is 1. The molecule has 0 saturated carbocycles. The van der Waals surface area contributed by atoms with Crippen molar-refractivity contribution < 1.29 is 9.13 Å². The lowest BCUT2D eigenvalue weighted by Gasteiger charge is -2.25. The lowest BCUT2D eigenvalue weighted by atomic mass is 9.88. The Kier molecular flexibility index (Phi) is 9.58. The number of hydrogen-bond acceptors (Lipinski definition) is 4. The topological polar surface area (TPSA) is 33.5 Å². The molecule has 0 bridgehead atoms. The van der Waals surface area contributed by atoms with Gasteiger partial charge in [-0.15, -0.1) is 0 Å². The third-order valence-electron chi connectivity index (χ3n) is 12.3. The molecule has 0 atom stereocenters. The van der Waals surface area contributed by atoms with E-state index in [1.54, 1.807) is 0 Å². The lowest BCUT2D eigenvalue weighted by molar-refractivity contribution is 0.483. The van der Waals surface area contributed by atoms with Gasteiger partial charge < -0.3 is 14.5 Å². The van der Waals surface area contributed by atoms with Crippen molar-refractivity contribution in [3.05, 3.63) is 218 Å². The second-order valence-corrected chi connectivity index (χ2v) is 17.5. The first-order chi connectivity index (χ1) is 31.2. The first-order valence-electron chi connectivity index (χ1n) is 21.7. The van der Waals surface area contributed by atoms with Crippen molar-refractivity contribution in [2.75, 3.05) is 16.5 Å². The second-order valence-electron chi connectivity index (χ2n) is 17.5. The first-order valence-corrected chi connectivity index (χ1v) is 21.7. The van der Waals surface area contributed by atoms with Gasteiger partial charge in [-0.3, -0.25) is 4.57 Å². The molecule has 5 nitrogen and oxygen atoms in total. The number of hydrogen-bond donors (Lipinski definition) is 0. The molecule has 10 aromatic rings. The molecule has 1 aliphatic heterocycles. The zero-order valence-electron chi connectivity index (χ0n) is 35.9. The Hall–Kier alpha value is -7.96. The van der Waals surface area contributed by atoms with Gasteiger partial charge in [0.15, 0.2) is 0 Å². The van der Waals surface area contributed by atoms with Crippen LogP contribution < -0.4 is 14.5 Å². The van der Waals surface area contributed by atoms with Crippen LogP contribution in [0.4, 0.5) is 27.1 Å². The van der Waals surface area contributed by atoms with Gasteiger partial charge in [0.1, 0.15) is 29.8 Å². The monoisotopic (exact) mass is 832 g/mol. The zero-order valence-corrected chi connectivity index (χ0v) is 35.9. The van der Waals surface area contributed by atoms with Crippen molar-refractivity contribution >= 4 is 44.6 Å². The maximum absolute atomic E-state index is 14.1. The molecule has 0 aliphatic carbocycles. The molecule has 2 aromatic heterocycles. The summed E-state index contributed by atoms with van der Waals surface area (Å²) in [7, 11) is 0. The van der Waals surface area contributed by atoms with Crippen molar-refractivity contribution in [3.8, 4) is 50.7 Å². The summed E-state index contributed by atoms with van der Waals surface area (Å²) >= 11 is 0. The highest BCUT2D eigenvalue weighted by atomic mass is 19.1. The molecule has 8 aromatic carbocycles. The van der Waals surface area contributed by atoms with Crippen molar-refractivity contribution in [1.29, 1.82) is 0 Å². The molecule has 310 valence electrons. The van der Waals surface area contributed by atoms with E-state index in [1.165, 1.54) is 23.3 Å². The fourth-order valence-corrected chi connectivity index (χ4v) is 9.08. The van der Waals surface area contributed by atoms with E-state index in [4.69, 9.17) is 9.72 Å². The summed E-state index contributed by atoms with van der Waals surface area (Å²) in [5, 5.41) is 2.29. The Morgan fingerprint density at radius 1 is 0.484 bits per heavy atom. The highest BCUT2D eigenvalue weighted by Crippen LogP contribution is 2.48. The van der Waals surface area contributed by atoms with E-state index < -0.39 is 0 Å². The van der Waals surface area contributed by atoms with Crippen molar-refractivity contribution in [3.63, 3.8) is 0 Å². The number of benzene rings is 8. The Balaban J connectivity index is 1.03. The molecule has 0 N–H and O–H groups in total. The van der Waals surface area contributed by atoms with Gasteiger partial charge in [-0.1, -0.05) is 136 Å². The number of pyridine rings is 1. The van der Waals surface area contributed by atoms with Crippen molar-refractivity contribution in [2.24, 2.45) is 0 Å². The standard InChI is InChI=1S/C58H45FN4O/c1-58(2,3)44-31-32-60-57(35-44)63-53-18-10-8-16-50(53)51-30-29-47(37-56(51)63)64-48-34-43(41-23-21-40(22-24-41)39-13-5-4-6-14-39)33-46(36-48)61-38-62(55-20-12-11-19-54(55)61)52-17-9-7-15-49(52)42-25-27-45(59)28-26-42/h4-37H,38H2,1-3H3. The van der Waals surface area contributed by atoms with E-state index in [0.717, 1.165) is 89.7 Å². The van der Waals surface area contributed by atoms with E-state index >= 15 is 0 Å². The van der Waals surface area contributed by atoms with Crippen molar-refractivity contribution in [2.45, 2.75) is 26.2 Å². The van der Waals surface area contributed by atoms with Gasteiger partial charge in [0.2, 0.25) is 0 Å². The summed E-state index contributed by atoms with van der Waals surface area (Å²) in [6.45, 7) is 7.25. The van der Waals surface area contributed by atoms with Gasteiger partial charge >= 0.3 is 0 Å². The second kappa shape index (κ2) is 15.7. The minimum atomic E-state index is -0.253. The predicted octanol–water partition coefficient (Wildman–Crippen LogP) is 15.7. The molecule has 0 amide bonds. The first kappa shape index (κ1) is 38.9. The Bertz CT molecular complexity index is 3330. The number of fused-ring (bicyclic) bond motifs is 4. The molecule has 3 heterocycles. The summed E-state index contributed by atoms with van der Waals surface area (Å²) in [5.74, 6) is 2.06. The van der Waals surface area contributed by atoms with E-state index in [-0.39, 0.29) is 11.2 Å². The third-order valence-corrected chi connectivity index (χ3v) is 12.3. The highest BCUT2D eigenvalue weighted by molar-refractivity contribution is 6.09. The van der Waals surface area contributed by atoms with Gasteiger partial charge in [0.25, 0.3) is 0 Å². The number of nitrogens with zero attached hydrogens (tertiary/aromatic N) is 4. The smallest absolute Gasteiger partial charge is 0.137 e. The number of rotatable bonds is 8. The van der Waals surface area contributed by atoms with Crippen molar-refractivity contribution in [1.82, 2.24) is 9.55 Å². The normalized spacial score (nSPS) is 12.6. The van der Waals surface area contributed by atoms with Gasteiger partial charge in [0.05, 0.1) is 28.1 Å². The number of aromatic nitrogens is 2. The summed E-state index contributed by atoms with van der Waals surface area (Å²) in [5.41, 5.74) is 13.9. The minimum absolute atomic E-state index is 0.0335. The van der Waals surface area contributed by atoms with Crippen LogP contribution in [0.1, 0.15) is 26.3 Å². The molecule has 64 heavy (non-hydrogen) atoms. The molecular weight excluding hydrogens is 788 g/mol. The summed E-state index contributed by atoms with van der Waals surface area (Å²) in [6, 6.07) is 68.5. The van der Waals surface area contributed by atoms with E-state index in [1.807, 2.05) is 30.5 Å². The maximum atomic E-state index is 14.1. The molecule has 0 spiro atoms. The number of ether oxygens (including phenoxy) is 1. The number of anilines is 4. The fourth-order valence-electron chi connectivity index (χ4n) is 9.08. The van der Waals surface area contributed by atoms with E-state index in [0.29, 0.717) is 6.67 Å². The molecule has 11 rings (SSSR count). The molecule has 0 fully saturated rings. The average Bonchev–Trinajstić information content (AvgIpc) is 3.88. The van der Waals surface area contributed by atoms with Crippen LogP contribution in [-0.2, 0) is 5.41 Å². The third kappa shape index (κ3) is 7.13. The Labute approximate surface area is 372 Å². The van der Waals surface area contributed by atoms with E-state index in [9.17, 15) is 4.39 Å². The Morgan fingerprint density at radius 3 is 1.88 bits per heavy atom.